The molecule has 30 heavy (non-hydrogen) atoms. The lowest BCUT2D eigenvalue weighted by Gasteiger charge is -2.32. The van der Waals surface area contributed by atoms with Crippen molar-refractivity contribution < 1.29 is 4.79 Å². The molecule has 1 aliphatic heterocycles. The van der Waals surface area contributed by atoms with Crippen LogP contribution in [-0.4, -0.2) is 28.9 Å². The maximum atomic E-state index is 13.0. The molecule has 0 saturated carbocycles. The number of rotatable bonds is 6. The van der Waals surface area contributed by atoms with Crippen LogP contribution in [-0.2, 0) is 16.8 Å². The maximum absolute atomic E-state index is 13.0. The van der Waals surface area contributed by atoms with Gasteiger partial charge in [-0.15, -0.1) is 11.3 Å². The fourth-order valence-corrected chi connectivity index (χ4v) is 4.76. The number of piperidine rings is 1. The summed E-state index contributed by atoms with van der Waals surface area (Å²) in [4.78, 5) is 20.0. The Morgan fingerprint density at radius 1 is 1.20 bits per heavy atom. The zero-order chi connectivity index (χ0) is 21.9. The fourth-order valence-electron chi connectivity index (χ4n) is 4.16. The van der Waals surface area contributed by atoms with E-state index in [0.717, 1.165) is 43.2 Å². The number of nitrogens with zero attached hydrogens (tertiary/aromatic N) is 2. The van der Waals surface area contributed by atoms with E-state index in [0.29, 0.717) is 5.92 Å². The SMILES string of the molecule is Cc1nc(CN2CCC(C(=O)NC(c3ccc(C(C)(C)C)cc3)C(C)C)CC2)cs1. The predicted octanol–water partition coefficient (Wildman–Crippen LogP) is 5.47. The smallest absolute Gasteiger partial charge is 0.223 e. The van der Waals surface area contributed by atoms with Crippen LogP contribution in [0.2, 0.25) is 0 Å². The molecule has 0 bridgehead atoms. The van der Waals surface area contributed by atoms with Gasteiger partial charge in [0.1, 0.15) is 0 Å². The molecule has 5 heteroatoms. The van der Waals surface area contributed by atoms with Gasteiger partial charge in [-0.3, -0.25) is 9.69 Å². The molecule has 2 aromatic rings. The molecule has 0 spiro atoms. The van der Waals surface area contributed by atoms with E-state index in [1.165, 1.54) is 11.1 Å². The van der Waals surface area contributed by atoms with Gasteiger partial charge in [-0.25, -0.2) is 4.98 Å². The number of carbonyl (C=O) groups excluding carboxylic acids is 1. The van der Waals surface area contributed by atoms with Gasteiger partial charge < -0.3 is 5.32 Å². The summed E-state index contributed by atoms with van der Waals surface area (Å²) in [5.41, 5.74) is 3.81. The maximum Gasteiger partial charge on any atom is 0.223 e. The van der Waals surface area contributed by atoms with Gasteiger partial charge in [-0.1, -0.05) is 58.9 Å². The summed E-state index contributed by atoms with van der Waals surface area (Å²) in [6.07, 6.45) is 1.84. The minimum absolute atomic E-state index is 0.0579. The highest BCUT2D eigenvalue weighted by molar-refractivity contribution is 7.09. The van der Waals surface area contributed by atoms with Gasteiger partial charge in [0.25, 0.3) is 0 Å². The zero-order valence-electron chi connectivity index (χ0n) is 19.4. The van der Waals surface area contributed by atoms with Gasteiger partial charge >= 0.3 is 0 Å². The predicted molar refractivity (Wildman–Crippen MR) is 126 cm³/mol. The number of hydrogen-bond acceptors (Lipinski definition) is 4. The molecular weight excluding hydrogens is 390 g/mol. The molecule has 3 rings (SSSR count). The first kappa shape index (κ1) is 23.0. The molecule has 1 aromatic carbocycles. The number of aromatic nitrogens is 1. The molecule has 0 aliphatic carbocycles. The lowest BCUT2D eigenvalue weighted by atomic mass is 9.85. The van der Waals surface area contributed by atoms with Crippen LogP contribution in [0.4, 0.5) is 0 Å². The topological polar surface area (TPSA) is 45.2 Å². The fraction of sp³-hybridized carbons (Fsp3) is 0.600. The van der Waals surface area contributed by atoms with Crippen molar-refractivity contribution in [1.82, 2.24) is 15.2 Å². The number of benzene rings is 1. The average Bonchev–Trinajstić information content (AvgIpc) is 3.10. The second-order valence-electron chi connectivity index (χ2n) is 10.0. The normalized spacial score (nSPS) is 17.3. The summed E-state index contributed by atoms with van der Waals surface area (Å²) in [6.45, 7) is 15.9. The number of likely N-dealkylation sites (tertiary alicyclic amines) is 1. The van der Waals surface area contributed by atoms with Crippen LogP contribution in [0.1, 0.15) is 75.3 Å². The van der Waals surface area contributed by atoms with E-state index in [-0.39, 0.29) is 23.3 Å². The van der Waals surface area contributed by atoms with E-state index >= 15 is 0 Å². The van der Waals surface area contributed by atoms with Crippen LogP contribution in [0, 0.1) is 18.8 Å². The average molecular weight is 428 g/mol. The number of carbonyl (C=O) groups is 1. The minimum atomic E-state index is 0.0579. The summed E-state index contributed by atoms with van der Waals surface area (Å²) in [6, 6.07) is 8.83. The van der Waals surface area contributed by atoms with E-state index < -0.39 is 0 Å². The van der Waals surface area contributed by atoms with Crippen LogP contribution in [0.15, 0.2) is 29.6 Å². The zero-order valence-corrected chi connectivity index (χ0v) is 20.2. The molecule has 1 aromatic heterocycles. The molecule has 2 heterocycles. The Hall–Kier alpha value is -1.72. The van der Waals surface area contributed by atoms with Crippen molar-refractivity contribution in [3.05, 3.63) is 51.5 Å². The van der Waals surface area contributed by atoms with E-state index in [1.54, 1.807) is 11.3 Å². The van der Waals surface area contributed by atoms with Gasteiger partial charge in [0.05, 0.1) is 16.7 Å². The molecule has 4 nitrogen and oxygen atoms in total. The van der Waals surface area contributed by atoms with Crippen LogP contribution in [0.3, 0.4) is 0 Å². The highest BCUT2D eigenvalue weighted by Crippen LogP contribution is 2.28. The largest absolute Gasteiger partial charge is 0.349 e. The van der Waals surface area contributed by atoms with Crippen molar-refractivity contribution in [2.45, 2.75) is 72.4 Å². The Morgan fingerprint density at radius 2 is 1.83 bits per heavy atom. The molecule has 1 fully saturated rings. The van der Waals surface area contributed by atoms with Crippen molar-refractivity contribution in [3.63, 3.8) is 0 Å². The van der Waals surface area contributed by atoms with Crippen molar-refractivity contribution in [3.8, 4) is 0 Å². The second-order valence-corrected chi connectivity index (χ2v) is 11.1. The monoisotopic (exact) mass is 427 g/mol. The van der Waals surface area contributed by atoms with Crippen LogP contribution in [0.25, 0.3) is 0 Å². The Kier molecular flexibility index (Phi) is 7.35. The molecule has 1 unspecified atom stereocenters. The van der Waals surface area contributed by atoms with Gasteiger partial charge in [0, 0.05) is 17.8 Å². The van der Waals surface area contributed by atoms with Crippen molar-refractivity contribution in [2.75, 3.05) is 13.1 Å². The highest BCUT2D eigenvalue weighted by Gasteiger charge is 2.28. The third kappa shape index (κ3) is 5.92. The van der Waals surface area contributed by atoms with Crippen molar-refractivity contribution in [2.24, 2.45) is 11.8 Å². The van der Waals surface area contributed by atoms with Crippen LogP contribution in [0.5, 0.6) is 0 Å². The van der Waals surface area contributed by atoms with Gasteiger partial charge in [0.15, 0.2) is 0 Å². The molecular formula is C25H37N3OS. The van der Waals surface area contributed by atoms with E-state index in [1.807, 2.05) is 6.92 Å². The highest BCUT2D eigenvalue weighted by atomic mass is 32.1. The number of nitrogens with one attached hydrogen (secondary N) is 1. The van der Waals surface area contributed by atoms with Crippen molar-refractivity contribution >= 4 is 17.2 Å². The molecule has 164 valence electrons. The van der Waals surface area contributed by atoms with Gasteiger partial charge in [-0.05, 0) is 55.3 Å². The Labute approximate surface area is 186 Å². The lowest BCUT2D eigenvalue weighted by molar-refractivity contribution is -0.127. The van der Waals surface area contributed by atoms with Gasteiger partial charge in [-0.2, -0.15) is 0 Å². The first-order valence-corrected chi connectivity index (χ1v) is 12.1. The van der Waals surface area contributed by atoms with Crippen molar-refractivity contribution in [1.29, 1.82) is 0 Å². The Bertz CT molecular complexity index is 827. The van der Waals surface area contributed by atoms with Gasteiger partial charge in [0.2, 0.25) is 5.91 Å². The third-order valence-corrected chi connectivity index (χ3v) is 6.93. The van der Waals surface area contributed by atoms with Crippen LogP contribution < -0.4 is 5.32 Å². The third-order valence-electron chi connectivity index (χ3n) is 6.11. The quantitative estimate of drug-likeness (QED) is 0.664. The number of amides is 1. The Balaban J connectivity index is 1.56. The number of thiazole rings is 1. The van der Waals surface area contributed by atoms with Crippen LogP contribution >= 0.6 is 11.3 Å². The minimum Gasteiger partial charge on any atom is -0.349 e. The molecule has 1 aliphatic rings. The summed E-state index contributed by atoms with van der Waals surface area (Å²) in [5.74, 6) is 0.661. The molecule has 1 atom stereocenters. The molecule has 1 N–H and O–H groups in total. The molecule has 1 saturated heterocycles. The number of hydrogen-bond donors (Lipinski definition) is 1. The Morgan fingerprint density at radius 3 is 2.33 bits per heavy atom. The first-order valence-electron chi connectivity index (χ1n) is 11.2. The number of aryl methyl sites for hydroxylation is 1. The summed E-state index contributed by atoms with van der Waals surface area (Å²) in [7, 11) is 0. The summed E-state index contributed by atoms with van der Waals surface area (Å²) < 4.78 is 0. The molecule has 0 radical (unpaired) electrons. The van der Waals surface area contributed by atoms with E-state index in [2.05, 4.69) is 79.5 Å². The standard InChI is InChI=1S/C25H37N3OS/c1-17(2)23(19-7-9-21(10-8-19)25(4,5)6)27-24(29)20-11-13-28(14-12-20)15-22-16-30-18(3)26-22/h7-10,16-17,20,23H,11-15H2,1-6H3,(H,27,29). The molecule has 1 amide bonds. The summed E-state index contributed by atoms with van der Waals surface area (Å²) in [5, 5.41) is 6.63. The first-order chi connectivity index (χ1) is 14.1. The summed E-state index contributed by atoms with van der Waals surface area (Å²) >= 11 is 1.71. The lowest BCUT2D eigenvalue weighted by Crippen LogP contribution is -2.42. The second kappa shape index (κ2) is 9.61. The van der Waals surface area contributed by atoms with E-state index in [4.69, 9.17) is 0 Å². The van der Waals surface area contributed by atoms with E-state index in [9.17, 15) is 4.79 Å².